The Bertz CT molecular complexity index is 875. The smallest absolute Gasteiger partial charge is 0.265 e. The van der Waals surface area contributed by atoms with Crippen molar-refractivity contribution in [3.05, 3.63) is 57.5 Å². The van der Waals surface area contributed by atoms with Gasteiger partial charge in [-0.05, 0) is 59.3 Å². The molecule has 2 rings (SSSR count). The summed E-state index contributed by atoms with van der Waals surface area (Å²) in [5.74, 6) is -1.04. The fourth-order valence-electron chi connectivity index (χ4n) is 2.07. The number of nitrogens with two attached hydrogens (primary N) is 1. The molecule has 27 heavy (non-hydrogen) atoms. The Labute approximate surface area is 169 Å². The highest BCUT2D eigenvalue weighted by Crippen LogP contribution is 2.28. The summed E-state index contributed by atoms with van der Waals surface area (Å²) in [5, 5.41) is 5.59. The molecule has 3 amide bonds. The summed E-state index contributed by atoms with van der Waals surface area (Å²) in [5.41, 5.74) is 5.69. The van der Waals surface area contributed by atoms with Gasteiger partial charge >= 0.3 is 0 Å². The van der Waals surface area contributed by atoms with Crippen molar-refractivity contribution < 1.29 is 19.1 Å². The SMILES string of the molecule is CC(Oc1ccc(Cl)cc1Br)C(=O)Nc1cccc(C(=O)NCC(N)=O)c1. The van der Waals surface area contributed by atoms with E-state index in [1.165, 1.54) is 6.07 Å². The number of nitrogens with one attached hydrogen (secondary N) is 2. The number of carbonyl (C=O) groups is 3. The highest BCUT2D eigenvalue weighted by atomic mass is 79.9. The van der Waals surface area contributed by atoms with Gasteiger partial charge in [-0.15, -0.1) is 0 Å². The fourth-order valence-corrected chi connectivity index (χ4v) is 2.84. The van der Waals surface area contributed by atoms with E-state index in [2.05, 4.69) is 26.6 Å². The van der Waals surface area contributed by atoms with Gasteiger partial charge in [0.15, 0.2) is 6.10 Å². The Kier molecular flexibility index (Phi) is 7.20. The molecule has 2 aromatic carbocycles. The predicted octanol–water partition coefficient (Wildman–Crippen LogP) is 2.72. The molecule has 2 aromatic rings. The van der Waals surface area contributed by atoms with Crippen LogP contribution in [0.4, 0.5) is 5.69 Å². The first-order valence-corrected chi connectivity index (χ1v) is 9.02. The minimum absolute atomic E-state index is 0.268. The van der Waals surface area contributed by atoms with Crippen molar-refractivity contribution in [2.24, 2.45) is 5.73 Å². The normalized spacial score (nSPS) is 11.4. The van der Waals surface area contributed by atoms with Crippen LogP contribution in [-0.4, -0.2) is 30.4 Å². The van der Waals surface area contributed by atoms with Crippen LogP contribution in [0.2, 0.25) is 5.02 Å². The molecule has 0 aliphatic carbocycles. The minimum atomic E-state index is -0.796. The lowest BCUT2D eigenvalue weighted by Crippen LogP contribution is -2.33. The Hall–Kier alpha value is -2.58. The summed E-state index contributed by atoms with van der Waals surface area (Å²) in [4.78, 5) is 35.0. The first-order valence-electron chi connectivity index (χ1n) is 7.85. The molecule has 1 atom stereocenters. The highest BCUT2D eigenvalue weighted by Gasteiger charge is 2.17. The van der Waals surface area contributed by atoms with Gasteiger partial charge in [0.25, 0.3) is 11.8 Å². The average molecular weight is 455 g/mol. The third-order valence-electron chi connectivity index (χ3n) is 3.38. The molecule has 0 aliphatic rings. The van der Waals surface area contributed by atoms with Crippen molar-refractivity contribution in [1.29, 1.82) is 0 Å². The molecule has 0 aliphatic heterocycles. The van der Waals surface area contributed by atoms with Crippen LogP contribution in [-0.2, 0) is 9.59 Å². The number of carbonyl (C=O) groups excluding carboxylic acids is 3. The standard InChI is InChI=1S/C18H17BrClN3O4/c1-10(27-15-6-5-12(20)8-14(15)19)17(25)23-13-4-2-3-11(7-13)18(26)22-9-16(21)24/h2-8,10H,9H2,1H3,(H2,21,24)(H,22,26)(H,23,25). The number of primary amides is 1. The molecule has 0 aromatic heterocycles. The summed E-state index contributed by atoms with van der Waals surface area (Å²) in [6, 6.07) is 11.2. The van der Waals surface area contributed by atoms with Crippen LogP contribution in [0.25, 0.3) is 0 Å². The van der Waals surface area contributed by atoms with Gasteiger partial charge in [0.2, 0.25) is 5.91 Å². The first kappa shape index (κ1) is 20.7. The fraction of sp³-hybridized carbons (Fsp3) is 0.167. The number of hydrogen-bond donors (Lipinski definition) is 3. The van der Waals surface area contributed by atoms with Crippen LogP contribution in [0.15, 0.2) is 46.9 Å². The van der Waals surface area contributed by atoms with Crippen LogP contribution in [0, 0.1) is 0 Å². The number of anilines is 1. The van der Waals surface area contributed by atoms with Crippen LogP contribution >= 0.6 is 27.5 Å². The number of amides is 3. The van der Waals surface area contributed by atoms with Crippen LogP contribution in [0.5, 0.6) is 5.75 Å². The lowest BCUT2D eigenvalue weighted by molar-refractivity contribution is -0.122. The van der Waals surface area contributed by atoms with Gasteiger partial charge in [-0.3, -0.25) is 14.4 Å². The zero-order valence-electron chi connectivity index (χ0n) is 14.3. The average Bonchev–Trinajstić information content (AvgIpc) is 2.62. The van der Waals surface area contributed by atoms with Crippen LogP contribution in [0.3, 0.4) is 0 Å². The lowest BCUT2D eigenvalue weighted by atomic mass is 10.2. The van der Waals surface area contributed by atoms with E-state index >= 15 is 0 Å². The topological polar surface area (TPSA) is 111 Å². The molecule has 142 valence electrons. The van der Waals surface area contributed by atoms with E-state index in [1.807, 2.05) is 0 Å². The third kappa shape index (κ3) is 6.26. The zero-order chi connectivity index (χ0) is 20.0. The van der Waals surface area contributed by atoms with E-state index in [0.717, 1.165) is 0 Å². The van der Waals surface area contributed by atoms with E-state index in [1.54, 1.807) is 43.3 Å². The summed E-state index contributed by atoms with van der Waals surface area (Å²) in [7, 11) is 0. The van der Waals surface area contributed by atoms with Crippen molar-refractivity contribution in [3.63, 3.8) is 0 Å². The molecule has 0 heterocycles. The van der Waals surface area contributed by atoms with E-state index < -0.39 is 23.8 Å². The van der Waals surface area contributed by atoms with E-state index in [0.29, 0.717) is 20.9 Å². The minimum Gasteiger partial charge on any atom is -0.480 e. The Morgan fingerprint density at radius 2 is 1.96 bits per heavy atom. The van der Waals surface area contributed by atoms with Crippen LogP contribution < -0.4 is 21.1 Å². The summed E-state index contributed by atoms with van der Waals surface area (Å²) in [6.45, 7) is 1.33. The molecular weight excluding hydrogens is 438 g/mol. The quantitative estimate of drug-likeness (QED) is 0.597. The molecule has 9 heteroatoms. The van der Waals surface area contributed by atoms with Crippen molar-refractivity contribution >= 4 is 50.9 Å². The molecule has 0 radical (unpaired) electrons. The van der Waals surface area contributed by atoms with E-state index in [-0.39, 0.29) is 12.1 Å². The van der Waals surface area contributed by atoms with Gasteiger partial charge in [-0.2, -0.15) is 0 Å². The molecule has 1 unspecified atom stereocenters. The van der Waals surface area contributed by atoms with Gasteiger partial charge in [-0.1, -0.05) is 17.7 Å². The largest absolute Gasteiger partial charge is 0.480 e. The monoisotopic (exact) mass is 453 g/mol. The van der Waals surface area contributed by atoms with Gasteiger partial charge in [0.1, 0.15) is 5.75 Å². The van der Waals surface area contributed by atoms with Gasteiger partial charge in [-0.25, -0.2) is 0 Å². The van der Waals surface area contributed by atoms with Crippen LogP contribution in [0.1, 0.15) is 17.3 Å². The molecule has 0 bridgehead atoms. The van der Waals surface area contributed by atoms with Gasteiger partial charge in [0, 0.05) is 16.3 Å². The molecule has 0 saturated heterocycles. The second kappa shape index (κ2) is 9.38. The second-order valence-electron chi connectivity index (χ2n) is 5.55. The van der Waals surface area contributed by atoms with Crippen molar-refractivity contribution in [1.82, 2.24) is 5.32 Å². The van der Waals surface area contributed by atoms with Crippen molar-refractivity contribution in [3.8, 4) is 5.75 Å². The molecule has 4 N–H and O–H groups in total. The maximum absolute atomic E-state index is 12.4. The maximum Gasteiger partial charge on any atom is 0.265 e. The lowest BCUT2D eigenvalue weighted by Gasteiger charge is -2.16. The third-order valence-corrected chi connectivity index (χ3v) is 4.24. The molecular formula is C18H17BrClN3O4. The Morgan fingerprint density at radius 1 is 1.22 bits per heavy atom. The molecule has 0 saturated carbocycles. The maximum atomic E-state index is 12.4. The number of halogens is 2. The highest BCUT2D eigenvalue weighted by molar-refractivity contribution is 9.10. The number of hydrogen-bond acceptors (Lipinski definition) is 4. The van der Waals surface area contributed by atoms with Crippen molar-refractivity contribution in [2.75, 3.05) is 11.9 Å². The Balaban J connectivity index is 2.01. The van der Waals surface area contributed by atoms with Crippen molar-refractivity contribution in [2.45, 2.75) is 13.0 Å². The summed E-state index contributed by atoms with van der Waals surface area (Å²) >= 11 is 9.20. The number of ether oxygens (including phenoxy) is 1. The van der Waals surface area contributed by atoms with Gasteiger partial charge < -0.3 is 21.1 Å². The first-order chi connectivity index (χ1) is 12.8. The van der Waals surface area contributed by atoms with E-state index in [9.17, 15) is 14.4 Å². The molecule has 0 fully saturated rings. The molecule has 7 nitrogen and oxygen atoms in total. The summed E-state index contributed by atoms with van der Waals surface area (Å²) < 4.78 is 6.26. The zero-order valence-corrected chi connectivity index (χ0v) is 16.6. The second-order valence-corrected chi connectivity index (χ2v) is 6.84. The molecule has 0 spiro atoms. The number of benzene rings is 2. The number of rotatable bonds is 7. The van der Waals surface area contributed by atoms with Gasteiger partial charge in [0.05, 0.1) is 11.0 Å². The predicted molar refractivity (Wildman–Crippen MR) is 106 cm³/mol. The Morgan fingerprint density at radius 3 is 2.63 bits per heavy atom. The summed E-state index contributed by atoms with van der Waals surface area (Å²) in [6.07, 6.45) is -0.796. The van der Waals surface area contributed by atoms with E-state index in [4.69, 9.17) is 22.1 Å².